The van der Waals surface area contributed by atoms with Gasteiger partial charge in [-0.25, -0.2) is 0 Å². The first kappa shape index (κ1) is 23.3. The second kappa shape index (κ2) is 12.6. The third-order valence-electron chi connectivity index (χ3n) is 3.87. The zero-order chi connectivity index (χ0) is 20.9. The van der Waals surface area contributed by atoms with Crippen LogP contribution in [0.25, 0.3) is 0 Å². The zero-order valence-electron chi connectivity index (χ0n) is 15.9. The topological polar surface area (TPSA) is 166 Å². The Balaban J connectivity index is 2.82. The molecule has 0 saturated carbocycles. The molecule has 0 aliphatic rings. The van der Waals surface area contributed by atoms with Gasteiger partial charge in [0.15, 0.2) is 5.96 Å². The first-order chi connectivity index (χ1) is 13.3. The average Bonchev–Trinajstić information content (AvgIpc) is 2.67. The Hall–Kier alpha value is -2.75. The maximum atomic E-state index is 12.7. The highest BCUT2D eigenvalue weighted by Gasteiger charge is 2.25. The molecule has 0 heterocycles. The second-order valence-corrected chi connectivity index (χ2v) is 7.07. The number of nitrogens with zero attached hydrogens (tertiary/aromatic N) is 1. The highest BCUT2D eigenvalue weighted by molar-refractivity contribution is 7.98. The van der Waals surface area contributed by atoms with Gasteiger partial charge < -0.3 is 27.8 Å². The summed E-state index contributed by atoms with van der Waals surface area (Å²) >= 11 is 1.54. The molecule has 28 heavy (non-hydrogen) atoms. The lowest BCUT2D eigenvalue weighted by Gasteiger charge is -2.22. The SMILES string of the molecule is CSCCC(NC(=O)C(CCCN=C(N)N)NC(=O)c1ccccc1)C(N)=O. The molecular formula is C18H28N6O3S. The summed E-state index contributed by atoms with van der Waals surface area (Å²) in [6, 6.07) is 6.90. The van der Waals surface area contributed by atoms with Crippen molar-refractivity contribution in [3.8, 4) is 0 Å². The molecule has 1 aromatic carbocycles. The van der Waals surface area contributed by atoms with Crippen LogP contribution in [0.1, 0.15) is 29.6 Å². The van der Waals surface area contributed by atoms with E-state index in [1.165, 1.54) is 0 Å². The molecule has 1 rings (SSSR count). The van der Waals surface area contributed by atoms with Crippen molar-refractivity contribution in [3.05, 3.63) is 35.9 Å². The van der Waals surface area contributed by atoms with Gasteiger partial charge in [0, 0.05) is 12.1 Å². The first-order valence-electron chi connectivity index (χ1n) is 8.85. The van der Waals surface area contributed by atoms with E-state index in [0.717, 1.165) is 0 Å². The molecule has 0 fully saturated rings. The molecule has 0 aromatic heterocycles. The first-order valence-corrected chi connectivity index (χ1v) is 10.2. The Bertz CT molecular complexity index is 679. The molecule has 3 amide bonds. The molecule has 0 aliphatic carbocycles. The number of hydrogen-bond donors (Lipinski definition) is 5. The van der Waals surface area contributed by atoms with E-state index in [4.69, 9.17) is 17.2 Å². The van der Waals surface area contributed by atoms with E-state index in [-0.39, 0.29) is 11.9 Å². The summed E-state index contributed by atoms with van der Waals surface area (Å²) in [4.78, 5) is 40.6. The van der Waals surface area contributed by atoms with Gasteiger partial charge in [-0.2, -0.15) is 11.8 Å². The van der Waals surface area contributed by atoms with E-state index in [9.17, 15) is 14.4 Å². The number of carbonyl (C=O) groups is 3. The highest BCUT2D eigenvalue weighted by atomic mass is 32.2. The van der Waals surface area contributed by atoms with Gasteiger partial charge in [0.1, 0.15) is 12.1 Å². The molecule has 10 heteroatoms. The van der Waals surface area contributed by atoms with E-state index in [0.29, 0.717) is 37.1 Å². The number of guanidine groups is 1. The molecule has 2 atom stereocenters. The largest absolute Gasteiger partial charge is 0.370 e. The number of nitrogens with two attached hydrogens (primary N) is 3. The van der Waals surface area contributed by atoms with E-state index >= 15 is 0 Å². The van der Waals surface area contributed by atoms with Crippen molar-refractivity contribution in [2.45, 2.75) is 31.3 Å². The fourth-order valence-electron chi connectivity index (χ4n) is 2.40. The Labute approximate surface area is 168 Å². The third kappa shape index (κ3) is 8.76. The number of thioether (sulfide) groups is 1. The van der Waals surface area contributed by atoms with E-state index < -0.39 is 23.9 Å². The summed E-state index contributed by atoms with van der Waals surface area (Å²) < 4.78 is 0. The Morgan fingerprint density at radius 1 is 1.04 bits per heavy atom. The molecule has 0 spiro atoms. The van der Waals surface area contributed by atoms with Crippen LogP contribution in [0.5, 0.6) is 0 Å². The summed E-state index contributed by atoms with van der Waals surface area (Å²) in [5, 5.41) is 5.33. The van der Waals surface area contributed by atoms with Crippen molar-refractivity contribution in [2.24, 2.45) is 22.2 Å². The number of benzene rings is 1. The normalized spacial score (nSPS) is 12.5. The lowest BCUT2D eigenvalue weighted by Crippen LogP contribution is -2.53. The second-order valence-electron chi connectivity index (χ2n) is 6.09. The van der Waals surface area contributed by atoms with Gasteiger partial charge in [-0.3, -0.25) is 19.4 Å². The fourth-order valence-corrected chi connectivity index (χ4v) is 2.87. The van der Waals surface area contributed by atoms with Crippen molar-refractivity contribution in [1.82, 2.24) is 10.6 Å². The van der Waals surface area contributed by atoms with E-state index in [2.05, 4.69) is 15.6 Å². The monoisotopic (exact) mass is 408 g/mol. The van der Waals surface area contributed by atoms with Crippen LogP contribution in [-0.4, -0.2) is 54.3 Å². The lowest BCUT2D eigenvalue weighted by atomic mass is 10.1. The highest BCUT2D eigenvalue weighted by Crippen LogP contribution is 2.06. The van der Waals surface area contributed by atoms with E-state index in [1.807, 2.05) is 6.26 Å². The van der Waals surface area contributed by atoms with Gasteiger partial charge in [0.2, 0.25) is 11.8 Å². The average molecular weight is 409 g/mol. The lowest BCUT2D eigenvalue weighted by molar-refractivity contribution is -0.128. The molecule has 1 aromatic rings. The molecule has 0 bridgehead atoms. The van der Waals surface area contributed by atoms with Crippen molar-refractivity contribution < 1.29 is 14.4 Å². The number of rotatable bonds is 12. The van der Waals surface area contributed by atoms with Crippen LogP contribution >= 0.6 is 11.8 Å². The minimum Gasteiger partial charge on any atom is -0.370 e. The maximum absolute atomic E-state index is 12.7. The molecule has 2 unspecified atom stereocenters. The van der Waals surface area contributed by atoms with Gasteiger partial charge in [-0.05, 0) is 43.4 Å². The van der Waals surface area contributed by atoms with Gasteiger partial charge in [-0.1, -0.05) is 18.2 Å². The van der Waals surface area contributed by atoms with E-state index in [1.54, 1.807) is 42.1 Å². The maximum Gasteiger partial charge on any atom is 0.251 e. The minimum atomic E-state index is -0.849. The number of amides is 3. The predicted molar refractivity (Wildman–Crippen MR) is 112 cm³/mol. The van der Waals surface area contributed by atoms with Gasteiger partial charge in [0.05, 0.1) is 0 Å². The van der Waals surface area contributed by atoms with Crippen molar-refractivity contribution in [2.75, 3.05) is 18.6 Å². The van der Waals surface area contributed by atoms with Crippen LogP contribution in [0.2, 0.25) is 0 Å². The number of aliphatic imine (C=N–C) groups is 1. The molecule has 9 nitrogen and oxygen atoms in total. The summed E-state index contributed by atoms with van der Waals surface area (Å²) in [7, 11) is 0. The Morgan fingerprint density at radius 3 is 2.29 bits per heavy atom. The quantitative estimate of drug-likeness (QED) is 0.179. The number of nitrogens with one attached hydrogen (secondary N) is 2. The van der Waals surface area contributed by atoms with Gasteiger partial charge in [0.25, 0.3) is 5.91 Å². The van der Waals surface area contributed by atoms with Crippen LogP contribution in [0.15, 0.2) is 35.3 Å². The molecular weight excluding hydrogens is 380 g/mol. The molecule has 8 N–H and O–H groups in total. The smallest absolute Gasteiger partial charge is 0.251 e. The van der Waals surface area contributed by atoms with Crippen LogP contribution in [0.3, 0.4) is 0 Å². The van der Waals surface area contributed by atoms with Crippen molar-refractivity contribution >= 4 is 35.4 Å². The number of primary amides is 1. The molecule has 0 aliphatic heterocycles. The molecule has 0 saturated heterocycles. The minimum absolute atomic E-state index is 0.0415. The van der Waals surface area contributed by atoms with Crippen LogP contribution in [-0.2, 0) is 9.59 Å². The summed E-state index contributed by atoms with van der Waals surface area (Å²) in [6.45, 7) is 0.318. The predicted octanol–water partition coefficient (Wildman–Crippen LogP) is -0.438. The Morgan fingerprint density at radius 2 is 1.71 bits per heavy atom. The standard InChI is InChI=1S/C18H28N6O3S/c1-28-11-9-13(15(19)25)23-17(27)14(8-5-10-22-18(20)21)24-16(26)12-6-3-2-4-7-12/h2-4,6-7,13-14H,5,8-11H2,1H3,(H2,19,25)(H,23,27)(H,24,26)(H4,20,21,22). The van der Waals surface area contributed by atoms with Crippen LogP contribution in [0, 0.1) is 0 Å². The third-order valence-corrected chi connectivity index (χ3v) is 4.52. The summed E-state index contributed by atoms with van der Waals surface area (Å²) in [5.41, 5.74) is 16.4. The zero-order valence-corrected chi connectivity index (χ0v) is 16.7. The van der Waals surface area contributed by atoms with Gasteiger partial charge >= 0.3 is 0 Å². The number of hydrogen-bond acceptors (Lipinski definition) is 5. The summed E-state index contributed by atoms with van der Waals surface area (Å²) in [6.07, 6.45) is 3.08. The van der Waals surface area contributed by atoms with Crippen molar-refractivity contribution in [3.63, 3.8) is 0 Å². The van der Waals surface area contributed by atoms with Gasteiger partial charge in [-0.15, -0.1) is 0 Å². The fraction of sp³-hybridized carbons (Fsp3) is 0.444. The summed E-state index contributed by atoms with van der Waals surface area (Å²) in [5.74, 6) is -0.850. The Kier molecular flexibility index (Phi) is 10.5. The van der Waals surface area contributed by atoms with Crippen LogP contribution in [0.4, 0.5) is 0 Å². The van der Waals surface area contributed by atoms with Crippen LogP contribution < -0.4 is 27.8 Å². The number of carbonyl (C=O) groups excluding carboxylic acids is 3. The molecule has 154 valence electrons. The van der Waals surface area contributed by atoms with Crippen molar-refractivity contribution in [1.29, 1.82) is 0 Å². The molecule has 0 radical (unpaired) electrons.